The molecule has 0 saturated carbocycles. The van der Waals surface area contributed by atoms with Crippen LogP contribution in [0.2, 0.25) is 10.0 Å². The third-order valence-corrected chi connectivity index (χ3v) is 7.08. The fraction of sp³-hybridized carbons (Fsp3) is 0.294. The van der Waals surface area contributed by atoms with Crippen molar-refractivity contribution in [1.29, 1.82) is 0 Å². The lowest BCUT2D eigenvalue weighted by atomic mass is 10.2. The van der Waals surface area contributed by atoms with Crippen LogP contribution >= 0.6 is 23.2 Å². The standard InChI is InChI=1S/C17H18Cl2N4O5S/c1-20-14-10-12(2-3-15(14)23(25)26)21-4-6-22(7-5-21)29(27,28)16-9-11(18)8-13(19)17(16)24/h2-3,8-10,20,24H,4-7H2,1H3. The van der Waals surface area contributed by atoms with Gasteiger partial charge < -0.3 is 15.3 Å². The molecule has 1 fully saturated rings. The highest BCUT2D eigenvalue weighted by Gasteiger charge is 2.32. The molecule has 12 heteroatoms. The number of aromatic hydroxyl groups is 1. The summed E-state index contributed by atoms with van der Waals surface area (Å²) < 4.78 is 27.1. The highest BCUT2D eigenvalue weighted by Crippen LogP contribution is 2.36. The Balaban J connectivity index is 1.80. The van der Waals surface area contributed by atoms with E-state index >= 15 is 0 Å². The maximum atomic E-state index is 12.9. The predicted molar refractivity (Wildman–Crippen MR) is 112 cm³/mol. The molecule has 2 aromatic carbocycles. The summed E-state index contributed by atoms with van der Waals surface area (Å²) in [5, 5.41) is 23.9. The molecule has 0 radical (unpaired) electrons. The molecule has 0 bridgehead atoms. The first-order valence-corrected chi connectivity index (χ1v) is 10.7. The Morgan fingerprint density at radius 2 is 1.79 bits per heavy atom. The third-order valence-electron chi connectivity index (χ3n) is 4.66. The van der Waals surface area contributed by atoms with Gasteiger partial charge in [-0.1, -0.05) is 23.2 Å². The molecule has 0 unspecified atom stereocenters. The average molecular weight is 461 g/mol. The number of nitro groups is 1. The molecule has 3 rings (SSSR count). The quantitative estimate of drug-likeness (QED) is 0.519. The van der Waals surface area contributed by atoms with Gasteiger partial charge in [0.2, 0.25) is 10.0 Å². The number of nitro benzene ring substituents is 1. The van der Waals surface area contributed by atoms with E-state index in [0.717, 1.165) is 5.69 Å². The van der Waals surface area contributed by atoms with Crippen molar-refractivity contribution in [3.8, 4) is 5.75 Å². The van der Waals surface area contributed by atoms with Crippen molar-refractivity contribution < 1.29 is 18.4 Å². The minimum Gasteiger partial charge on any atom is -0.505 e. The lowest BCUT2D eigenvalue weighted by Gasteiger charge is -2.35. The van der Waals surface area contributed by atoms with Gasteiger partial charge in [-0.25, -0.2) is 8.42 Å². The van der Waals surface area contributed by atoms with Gasteiger partial charge in [-0.3, -0.25) is 10.1 Å². The average Bonchev–Trinajstić information content (AvgIpc) is 2.70. The minimum absolute atomic E-state index is 0.0363. The third kappa shape index (κ3) is 4.20. The second-order valence-electron chi connectivity index (χ2n) is 6.33. The summed E-state index contributed by atoms with van der Waals surface area (Å²) in [6.07, 6.45) is 0. The van der Waals surface area contributed by atoms with Gasteiger partial charge >= 0.3 is 0 Å². The molecule has 1 aliphatic rings. The van der Waals surface area contributed by atoms with Gasteiger partial charge in [0.1, 0.15) is 10.6 Å². The molecule has 9 nitrogen and oxygen atoms in total. The minimum atomic E-state index is -3.99. The van der Waals surface area contributed by atoms with Crippen molar-refractivity contribution in [2.24, 2.45) is 0 Å². The summed E-state index contributed by atoms with van der Waals surface area (Å²) in [5.74, 6) is -0.535. The Labute approximate surface area is 177 Å². The lowest BCUT2D eigenvalue weighted by Crippen LogP contribution is -2.48. The first kappa shape index (κ1) is 21.4. The monoisotopic (exact) mass is 460 g/mol. The van der Waals surface area contributed by atoms with Crippen molar-refractivity contribution in [1.82, 2.24) is 4.31 Å². The molecule has 0 amide bonds. The summed E-state index contributed by atoms with van der Waals surface area (Å²) >= 11 is 11.7. The number of rotatable bonds is 5. The highest BCUT2D eigenvalue weighted by atomic mass is 35.5. The topological polar surface area (TPSA) is 116 Å². The number of hydrogen-bond donors (Lipinski definition) is 2. The summed E-state index contributed by atoms with van der Waals surface area (Å²) in [4.78, 5) is 12.2. The number of phenols is 1. The largest absolute Gasteiger partial charge is 0.505 e. The van der Waals surface area contributed by atoms with Gasteiger partial charge in [-0.2, -0.15) is 4.31 Å². The van der Waals surface area contributed by atoms with Crippen LogP contribution in [0.5, 0.6) is 5.75 Å². The molecule has 2 N–H and O–H groups in total. The zero-order chi connectivity index (χ0) is 21.3. The summed E-state index contributed by atoms with van der Waals surface area (Å²) in [7, 11) is -2.39. The Morgan fingerprint density at radius 1 is 1.14 bits per heavy atom. The van der Waals surface area contributed by atoms with Gasteiger partial charge in [-0.05, 0) is 24.3 Å². The number of benzene rings is 2. The van der Waals surface area contributed by atoms with Gasteiger partial charge in [-0.15, -0.1) is 0 Å². The molecule has 156 valence electrons. The first-order valence-electron chi connectivity index (χ1n) is 8.54. The van der Waals surface area contributed by atoms with Crippen LogP contribution in [-0.4, -0.2) is 56.0 Å². The Bertz CT molecular complexity index is 1060. The fourth-order valence-corrected chi connectivity index (χ4v) is 5.31. The summed E-state index contributed by atoms with van der Waals surface area (Å²) in [5.41, 5.74) is 1.08. The Hall–Kier alpha value is -2.27. The smallest absolute Gasteiger partial charge is 0.292 e. The molecule has 0 aromatic heterocycles. The van der Waals surface area contributed by atoms with Crippen molar-refractivity contribution in [2.45, 2.75) is 4.90 Å². The molecule has 0 spiro atoms. The van der Waals surface area contributed by atoms with E-state index in [1.54, 1.807) is 19.2 Å². The lowest BCUT2D eigenvalue weighted by molar-refractivity contribution is -0.383. The van der Waals surface area contributed by atoms with Crippen molar-refractivity contribution in [3.05, 3.63) is 50.5 Å². The predicted octanol–water partition coefficient (Wildman–Crippen LogP) is 3.16. The molecule has 1 heterocycles. The molecule has 0 aliphatic carbocycles. The normalized spacial score (nSPS) is 15.3. The molecule has 0 atom stereocenters. The fourth-order valence-electron chi connectivity index (χ4n) is 3.14. The van der Waals surface area contributed by atoms with Crippen LogP contribution in [0.3, 0.4) is 0 Å². The van der Waals surface area contributed by atoms with E-state index in [-0.39, 0.29) is 33.7 Å². The number of sulfonamides is 1. The maximum absolute atomic E-state index is 12.9. The van der Waals surface area contributed by atoms with Gasteiger partial charge in [0.05, 0.1) is 9.95 Å². The molecule has 2 aromatic rings. The zero-order valence-electron chi connectivity index (χ0n) is 15.3. The number of nitrogens with one attached hydrogen (secondary N) is 1. The number of nitrogens with zero attached hydrogens (tertiary/aromatic N) is 3. The van der Waals surface area contributed by atoms with E-state index < -0.39 is 20.7 Å². The van der Waals surface area contributed by atoms with Crippen LogP contribution in [0, 0.1) is 10.1 Å². The van der Waals surface area contributed by atoms with Crippen LogP contribution < -0.4 is 10.2 Å². The van der Waals surface area contributed by atoms with Crippen molar-refractivity contribution in [2.75, 3.05) is 43.4 Å². The van der Waals surface area contributed by atoms with Gasteiger partial charge in [0.25, 0.3) is 5.69 Å². The van der Waals surface area contributed by atoms with Crippen LogP contribution in [0.15, 0.2) is 35.2 Å². The second-order valence-corrected chi connectivity index (χ2v) is 9.08. The van der Waals surface area contributed by atoms with Crippen molar-refractivity contribution in [3.63, 3.8) is 0 Å². The summed E-state index contributed by atoms with van der Waals surface area (Å²) in [6, 6.07) is 7.14. The van der Waals surface area contributed by atoms with E-state index in [1.165, 1.54) is 22.5 Å². The van der Waals surface area contributed by atoms with E-state index in [9.17, 15) is 23.6 Å². The summed E-state index contributed by atoms with van der Waals surface area (Å²) in [6.45, 7) is 1.07. The van der Waals surface area contributed by atoms with E-state index in [0.29, 0.717) is 18.8 Å². The van der Waals surface area contributed by atoms with Crippen LogP contribution in [0.4, 0.5) is 17.1 Å². The van der Waals surface area contributed by atoms with Crippen LogP contribution in [0.25, 0.3) is 0 Å². The second kappa shape index (κ2) is 8.23. The highest BCUT2D eigenvalue weighted by molar-refractivity contribution is 7.89. The van der Waals surface area contributed by atoms with Crippen molar-refractivity contribution >= 4 is 50.3 Å². The number of hydrogen-bond acceptors (Lipinski definition) is 7. The van der Waals surface area contributed by atoms with Gasteiger partial charge in [0, 0.05) is 50.0 Å². The maximum Gasteiger partial charge on any atom is 0.292 e. The number of piperazine rings is 1. The van der Waals surface area contributed by atoms with Crippen LogP contribution in [-0.2, 0) is 10.0 Å². The van der Waals surface area contributed by atoms with E-state index in [4.69, 9.17) is 23.2 Å². The molecule has 1 saturated heterocycles. The molecule has 29 heavy (non-hydrogen) atoms. The number of halogens is 2. The number of anilines is 2. The SMILES string of the molecule is CNc1cc(N2CCN(S(=O)(=O)c3cc(Cl)cc(Cl)c3O)CC2)ccc1[N+](=O)[O-]. The van der Waals surface area contributed by atoms with Crippen LogP contribution in [0.1, 0.15) is 0 Å². The Morgan fingerprint density at radius 3 is 2.38 bits per heavy atom. The zero-order valence-corrected chi connectivity index (χ0v) is 17.6. The molecule has 1 aliphatic heterocycles. The van der Waals surface area contributed by atoms with E-state index in [2.05, 4.69) is 5.32 Å². The van der Waals surface area contributed by atoms with E-state index in [1.807, 2.05) is 4.90 Å². The molecular formula is C17H18Cl2N4O5S. The number of phenolic OH excluding ortho intramolecular Hbond substituents is 1. The Kier molecular flexibility index (Phi) is 6.08. The molecular weight excluding hydrogens is 443 g/mol. The van der Waals surface area contributed by atoms with Gasteiger partial charge in [0.15, 0.2) is 5.75 Å². The first-order chi connectivity index (χ1) is 13.6.